The maximum Gasteiger partial charge on any atom is 0.216 e. The van der Waals surface area contributed by atoms with Crippen LogP contribution in [0.5, 0.6) is 0 Å². The van der Waals surface area contributed by atoms with Gasteiger partial charge in [0.25, 0.3) is 0 Å². The lowest BCUT2D eigenvalue weighted by atomic mass is 10.6. The summed E-state index contributed by atoms with van der Waals surface area (Å²) in [5, 5.41) is 5.83. The molecule has 0 aliphatic carbocycles. The fourth-order valence-corrected chi connectivity index (χ4v) is 1.19. The third-order valence-corrected chi connectivity index (χ3v) is 1.78. The Morgan fingerprint density at radius 3 is 2.79 bits per heavy atom. The Bertz CT molecular complexity index is 319. The van der Waals surface area contributed by atoms with E-state index in [0.29, 0.717) is 13.1 Å². The summed E-state index contributed by atoms with van der Waals surface area (Å²) in [7, 11) is 1.93. The summed E-state index contributed by atoms with van der Waals surface area (Å²) in [6.45, 7) is 4.75. The average Bonchev–Trinajstić information content (AvgIpc) is 2.39. The van der Waals surface area contributed by atoms with Crippen molar-refractivity contribution in [3.8, 4) is 0 Å². The second-order valence-corrected chi connectivity index (χ2v) is 3.23. The zero-order chi connectivity index (χ0) is 10.6. The fourth-order valence-electron chi connectivity index (χ4n) is 1.19. The summed E-state index contributed by atoms with van der Waals surface area (Å²) in [5.41, 5.74) is 0.981. The number of hydrogen-bond acceptors (Lipinski definition) is 3. The summed E-state index contributed by atoms with van der Waals surface area (Å²) in [6.07, 6.45) is 1.95. The van der Waals surface area contributed by atoms with Crippen LogP contribution in [-0.2, 0) is 11.8 Å². The molecule has 0 aliphatic heterocycles. The van der Waals surface area contributed by atoms with Crippen molar-refractivity contribution in [3.63, 3.8) is 0 Å². The van der Waals surface area contributed by atoms with Crippen molar-refractivity contribution in [2.75, 3.05) is 18.4 Å². The maximum atomic E-state index is 10.6. The lowest BCUT2D eigenvalue weighted by molar-refractivity contribution is -0.118. The average molecular weight is 196 g/mol. The lowest BCUT2D eigenvalue weighted by Crippen LogP contribution is -2.26. The number of amides is 1. The molecule has 0 saturated carbocycles. The monoisotopic (exact) mass is 196 g/mol. The van der Waals surface area contributed by atoms with E-state index in [2.05, 4.69) is 15.6 Å². The van der Waals surface area contributed by atoms with Gasteiger partial charge in [-0.3, -0.25) is 4.79 Å². The first-order chi connectivity index (χ1) is 6.59. The molecular formula is C9H16N4O. The number of carbonyl (C=O) groups excluding carboxylic acids is 1. The van der Waals surface area contributed by atoms with Gasteiger partial charge in [0, 0.05) is 33.3 Å². The molecule has 1 aromatic heterocycles. The standard InChI is InChI=1S/C9H16N4O/c1-7-6-13(3)9(12-7)11-5-4-10-8(2)14/h6H,4-5H2,1-3H3,(H,10,14)(H,11,12). The molecular weight excluding hydrogens is 180 g/mol. The van der Waals surface area contributed by atoms with E-state index in [1.54, 1.807) is 0 Å². The van der Waals surface area contributed by atoms with Crippen LogP contribution in [-0.4, -0.2) is 28.5 Å². The van der Waals surface area contributed by atoms with E-state index in [-0.39, 0.29) is 5.91 Å². The number of hydrogen-bond donors (Lipinski definition) is 2. The van der Waals surface area contributed by atoms with Crippen LogP contribution in [0.15, 0.2) is 6.20 Å². The number of anilines is 1. The molecule has 1 rings (SSSR count). The van der Waals surface area contributed by atoms with E-state index in [1.807, 2.05) is 24.7 Å². The van der Waals surface area contributed by atoms with Gasteiger partial charge in [0.1, 0.15) is 0 Å². The molecule has 1 aromatic rings. The third kappa shape index (κ3) is 3.08. The minimum Gasteiger partial charge on any atom is -0.355 e. The second kappa shape index (κ2) is 4.64. The van der Waals surface area contributed by atoms with Crippen LogP contribution in [0.4, 0.5) is 5.95 Å². The molecule has 14 heavy (non-hydrogen) atoms. The van der Waals surface area contributed by atoms with Crippen molar-refractivity contribution in [1.82, 2.24) is 14.9 Å². The quantitative estimate of drug-likeness (QED) is 0.680. The number of nitrogens with zero attached hydrogens (tertiary/aromatic N) is 2. The topological polar surface area (TPSA) is 59.0 Å². The molecule has 1 amide bonds. The molecule has 0 aromatic carbocycles. The van der Waals surface area contributed by atoms with Crippen LogP contribution in [0.25, 0.3) is 0 Å². The van der Waals surface area contributed by atoms with E-state index < -0.39 is 0 Å². The number of nitrogens with one attached hydrogen (secondary N) is 2. The van der Waals surface area contributed by atoms with Crippen LogP contribution < -0.4 is 10.6 Å². The van der Waals surface area contributed by atoms with Crippen molar-refractivity contribution >= 4 is 11.9 Å². The van der Waals surface area contributed by atoms with E-state index in [4.69, 9.17) is 0 Å². The van der Waals surface area contributed by atoms with Crippen molar-refractivity contribution in [1.29, 1.82) is 0 Å². The van der Waals surface area contributed by atoms with Gasteiger partial charge < -0.3 is 15.2 Å². The van der Waals surface area contributed by atoms with Gasteiger partial charge in [-0.25, -0.2) is 4.98 Å². The van der Waals surface area contributed by atoms with E-state index >= 15 is 0 Å². The van der Waals surface area contributed by atoms with Gasteiger partial charge in [-0.1, -0.05) is 0 Å². The highest BCUT2D eigenvalue weighted by Crippen LogP contribution is 2.04. The SMILES string of the molecule is CC(=O)NCCNc1nc(C)cn1C. The summed E-state index contributed by atoms with van der Waals surface area (Å²) < 4.78 is 1.92. The Balaban J connectivity index is 2.31. The molecule has 0 fully saturated rings. The predicted molar refractivity (Wildman–Crippen MR) is 55.1 cm³/mol. The number of rotatable bonds is 4. The molecule has 0 radical (unpaired) electrons. The Hall–Kier alpha value is -1.52. The summed E-state index contributed by atoms with van der Waals surface area (Å²) >= 11 is 0. The first-order valence-corrected chi connectivity index (χ1v) is 4.58. The molecule has 0 atom stereocenters. The van der Waals surface area contributed by atoms with E-state index in [1.165, 1.54) is 6.92 Å². The van der Waals surface area contributed by atoms with Crippen LogP contribution in [0.3, 0.4) is 0 Å². The molecule has 5 heteroatoms. The van der Waals surface area contributed by atoms with Crippen molar-refractivity contribution < 1.29 is 4.79 Å². The predicted octanol–water partition coefficient (Wildman–Crippen LogP) is 0.277. The molecule has 78 valence electrons. The maximum absolute atomic E-state index is 10.6. The molecule has 2 N–H and O–H groups in total. The zero-order valence-electron chi connectivity index (χ0n) is 8.79. The summed E-state index contributed by atoms with van der Waals surface area (Å²) in [5.74, 6) is 0.815. The van der Waals surface area contributed by atoms with Gasteiger partial charge in [-0.15, -0.1) is 0 Å². The molecule has 1 heterocycles. The highest BCUT2D eigenvalue weighted by molar-refractivity contribution is 5.72. The Kier molecular flexibility index (Phi) is 3.50. The van der Waals surface area contributed by atoms with Crippen molar-refractivity contribution in [3.05, 3.63) is 11.9 Å². The molecule has 0 spiro atoms. The first-order valence-electron chi connectivity index (χ1n) is 4.58. The lowest BCUT2D eigenvalue weighted by Gasteiger charge is -2.05. The summed E-state index contributed by atoms with van der Waals surface area (Å²) in [6, 6.07) is 0. The first kappa shape index (κ1) is 10.6. The van der Waals surface area contributed by atoms with E-state index in [9.17, 15) is 4.79 Å². The minimum atomic E-state index is -0.0113. The number of carbonyl (C=O) groups is 1. The van der Waals surface area contributed by atoms with Crippen molar-refractivity contribution in [2.45, 2.75) is 13.8 Å². The van der Waals surface area contributed by atoms with Crippen LogP contribution >= 0.6 is 0 Å². The largest absolute Gasteiger partial charge is 0.355 e. The molecule has 0 unspecified atom stereocenters. The zero-order valence-corrected chi connectivity index (χ0v) is 8.79. The Labute approximate surface area is 83.5 Å². The van der Waals surface area contributed by atoms with Crippen LogP contribution in [0.1, 0.15) is 12.6 Å². The van der Waals surface area contributed by atoms with Gasteiger partial charge in [0.2, 0.25) is 11.9 Å². The molecule has 0 bridgehead atoms. The smallest absolute Gasteiger partial charge is 0.216 e. The number of aryl methyl sites for hydroxylation is 2. The number of imidazole rings is 1. The van der Waals surface area contributed by atoms with Gasteiger partial charge in [0.15, 0.2) is 0 Å². The highest BCUT2D eigenvalue weighted by Gasteiger charge is 2.00. The van der Waals surface area contributed by atoms with Gasteiger partial charge in [-0.2, -0.15) is 0 Å². The minimum absolute atomic E-state index is 0.0113. The Morgan fingerprint density at radius 2 is 2.29 bits per heavy atom. The van der Waals surface area contributed by atoms with Crippen molar-refractivity contribution in [2.24, 2.45) is 7.05 Å². The van der Waals surface area contributed by atoms with Gasteiger partial charge in [0.05, 0.1) is 5.69 Å². The number of aromatic nitrogens is 2. The molecule has 5 nitrogen and oxygen atoms in total. The molecule has 0 aliphatic rings. The van der Waals surface area contributed by atoms with E-state index in [0.717, 1.165) is 11.6 Å². The van der Waals surface area contributed by atoms with Crippen LogP contribution in [0, 0.1) is 6.92 Å². The second-order valence-electron chi connectivity index (χ2n) is 3.23. The normalized spacial score (nSPS) is 9.93. The van der Waals surface area contributed by atoms with Crippen LogP contribution in [0.2, 0.25) is 0 Å². The third-order valence-electron chi connectivity index (χ3n) is 1.78. The fraction of sp³-hybridized carbons (Fsp3) is 0.556. The van der Waals surface area contributed by atoms with Gasteiger partial charge >= 0.3 is 0 Å². The molecule has 0 saturated heterocycles. The summed E-state index contributed by atoms with van der Waals surface area (Å²) in [4.78, 5) is 14.8. The highest BCUT2D eigenvalue weighted by atomic mass is 16.1. The Morgan fingerprint density at radius 1 is 1.57 bits per heavy atom. The van der Waals surface area contributed by atoms with Gasteiger partial charge in [-0.05, 0) is 6.92 Å².